The van der Waals surface area contributed by atoms with Crippen molar-refractivity contribution < 1.29 is 17.1 Å². The lowest BCUT2D eigenvalue weighted by molar-refractivity contribution is 0.220. The van der Waals surface area contributed by atoms with E-state index in [-0.39, 0.29) is 6.03 Å². The van der Waals surface area contributed by atoms with Crippen LogP contribution in [0, 0.1) is 0 Å². The maximum absolute atomic E-state index is 12.8. The SMILES string of the molecule is CN(Cc1ccc(N)cc1)C(=O)Nc1ccc(S(=O)(=O)F)cc1. The van der Waals surface area contributed by atoms with E-state index in [1.165, 1.54) is 17.0 Å². The number of nitrogens with zero attached hydrogens (tertiary/aromatic N) is 1. The molecule has 2 aromatic rings. The molecule has 0 saturated heterocycles. The average molecular weight is 337 g/mol. The molecule has 0 unspecified atom stereocenters. The molecule has 122 valence electrons. The molecule has 2 amide bonds. The lowest BCUT2D eigenvalue weighted by Gasteiger charge is -2.18. The largest absolute Gasteiger partial charge is 0.399 e. The third-order valence-corrected chi connectivity index (χ3v) is 3.97. The first-order valence-electron chi connectivity index (χ1n) is 6.67. The van der Waals surface area contributed by atoms with Gasteiger partial charge in [-0.15, -0.1) is 3.89 Å². The number of hydrogen-bond acceptors (Lipinski definition) is 4. The summed E-state index contributed by atoms with van der Waals surface area (Å²) in [6.45, 7) is 0.378. The van der Waals surface area contributed by atoms with Crippen LogP contribution < -0.4 is 11.1 Å². The van der Waals surface area contributed by atoms with E-state index in [1.54, 1.807) is 19.2 Å². The summed E-state index contributed by atoms with van der Waals surface area (Å²) in [5.41, 5.74) is 7.52. The summed E-state index contributed by atoms with van der Waals surface area (Å²) in [5, 5.41) is 2.60. The van der Waals surface area contributed by atoms with E-state index in [1.807, 2.05) is 12.1 Å². The Morgan fingerprint density at radius 2 is 1.70 bits per heavy atom. The molecule has 23 heavy (non-hydrogen) atoms. The molecule has 2 aromatic carbocycles. The molecule has 0 aromatic heterocycles. The zero-order valence-corrected chi connectivity index (χ0v) is 13.2. The zero-order chi connectivity index (χ0) is 17.0. The highest BCUT2D eigenvalue weighted by atomic mass is 32.3. The summed E-state index contributed by atoms with van der Waals surface area (Å²) < 4.78 is 34.2. The predicted molar refractivity (Wildman–Crippen MR) is 86.1 cm³/mol. The van der Waals surface area contributed by atoms with Gasteiger partial charge in [0.1, 0.15) is 0 Å². The molecule has 0 saturated carbocycles. The number of urea groups is 1. The van der Waals surface area contributed by atoms with Crippen LogP contribution in [0.5, 0.6) is 0 Å². The Labute approximate surface area is 133 Å². The molecule has 0 spiro atoms. The first-order valence-corrected chi connectivity index (χ1v) is 8.05. The minimum atomic E-state index is -4.74. The van der Waals surface area contributed by atoms with Gasteiger partial charge in [0, 0.05) is 25.0 Å². The lowest BCUT2D eigenvalue weighted by atomic mass is 10.2. The Morgan fingerprint density at radius 1 is 1.13 bits per heavy atom. The standard InChI is InChI=1S/C15H16FN3O3S/c1-19(10-11-2-4-12(17)5-3-11)15(20)18-13-6-8-14(9-7-13)23(16,21)22/h2-9H,10,17H2,1H3,(H,18,20). The van der Waals surface area contributed by atoms with Gasteiger partial charge in [0.2, 0.25) is 0 Å². The van der Waals surface area contributed by atoms with Gasteiger partial charge in [-0.25, -0.2) is 4.79 Å². The summed E-state index contributed by atoms with van der Waals surface area (Å²) in [5.74, 6) is 0. The predicted octanol–water partition coefficient (Wildman–Crippen LogP) is 2.59. The third kappa shape index (κ3) is 4.68. The third-order valence-electron chi connectivity index (χ3n) is 3.13. The summed E-state index contributed by atoms with van der Waals surface area (Å²) in [6.07, 6.45) is 0. The van der Waals surface area contributed by atoms with Crippen LogP contribution in [0.15, 0.2) is 53.4 Å². The average Bonchev–Trinajstić information content (AvgIpc) is 2.49. The van der Waals surface area contributed by atoms with Crippen LogP contribution in [0.3, 0.4) is 0 Å². The molecule has 0 aliphatic carbocycles. The summed E-state index contributed by atoms with van der Waals surface area (Å²) in [7, 11) is -3.12. The molecule has 0 atom stereocenters. The molecule has 8 heteroatoms. The van der Waals surface area contributed by atoms with E-state index in [9.17, 15) is 17.1 Å². The fraction of sp³-hybridized carbons (Fsp3) is 0.133. The second kappa shape index (κ2) is 6.66. The van der Waals surface area contributed by atoms with Gasteiger partial charge in [0.15, 0.2) is 0 Å². The fourth-order valence-corrected chi connectivity index (χ4v) is 2.35. The van der Waals surface area contributed by atoms with E-state index in [2.05, 4.69) is 5.32 Å². The van der Waals surface area contributed by atoms with E-state index >= 15 is 0 Å². The number of benzene rings is 2. The Kier molecular flexibility index (Phi) is 4.85. The number of anilines is 2. The summed E-state index contributed by atoms with van der Waals surface area (Å²) in [4.78, 5) is 13.1. The van der Waals surface area contributed by atoms with Gasteiger partial charge >= 0.3 is 16.3 Å². The number of nitrogens with two attached hydrogens (primary N) is 1. The summed E-state index contributed by atoms with van der Waals surface area (Å²) >= 11 is 0. The van der Waals surface area contributed by atoms with Gasteiger partial charge in [-0.3, -0.25) is 0 Å². The molecule has 0 fully saturated rings. The number of carbonyl (C=O) groups is 1. The highest BCUT2D eigenvalue weighted by Gasteiger charge is 2.13. The molecule has 6 nitrogen and oxygen atoms in total. The quantitative estimate of drug-likeness (QED) is 0.662. The number of hydrogen-bond donors (Lipinski definition) is 2. The normalized spacial score (nSPS) is 11.0. The van der Waals surface area contributed by atoms with E-state index < -0.39 is 15.1 Å². The van der Waals surface area contributed by atoms with Crippen LogP contribution in [-0.4, -0.2) is 26.4 Å². The highest BCUT2D eigenvalue weighted by molar-refractivity contribution is 7.86. The van der Waals surface area contributed by atoms with Gasteiger partial charge in [-0.2, -0.15) is 8.42 Å². The van der Waals surface area contributed by atoms with Crippen LogP contribution in [-0.2, 0) is 16.8 Å². The molecule has 0 bridgehead atoms. The number of carbonyl (C=O) groups excluding carboxylic acids is 1. The van der Waals surface area contributed by atoms with Gasteiger partial charge in [-0.05, 0) is 42.0 Å². The second-order valence-corrected chi connectivity index (χ2v) is 6.34. The van der Waals surface area contributed by atoms with E-state index in [0.29, 0.717) is 17.9 Å². The Balaban J connectivity index is 1.99. The van der Waals surface area contributed by atoms with E-state index in [4.69, 9.17) is 5.73 Å². The van der Waals surface area contributed by atoms with Crippen molar-refractivity contribution in [3.63, 3.8) is 0 Å². The Bertz CT molecular complexity index is 790. The van der Waals surface area contributed by atoms with Crippen LogP contribution >= 0.6 is 0 Å². The number of rotatable bonds is 4. The van der Waals surface area contributed by atoms with Crippen molar-refractivity contribution in [3.05, 3.63) is 54.1 Å². The lowest BCUT2D eigenvalue weighted by Crippen LogP contribution is -2.30. The van der Waals surface area contributed by atoms with Crippen molar-refractivity contribution in [2.45, 2.75) is 11.4 Å². The maximum atomic E-state index is 12.8. The topological polar surface area (TPSA) is 92.5 Å². The molecular formula is C15H16FN3O3S. The molecule has 0 aliphatic heterocycles. The molecule has 0 aliphatic rings. The van der Waals surface area contributed by atoms with Crippen LogP contribution in [0.1, 0.15) is 5.56 Å². The number of halogens is 1. The summed E-state index contributed by atoms with van der Waals surface area (Å²) in [6, 6.07) is 11.6. The van der Waals surface area contributed by atoms with Gasteiger partial charge in [0.25, 0.3) is 0 Å². The highest BCUT2D eigenvalue weighted by Crippen LogP contribution is 2.16. The smallest absolute Gasteiger partial charge is 0.332 e. The Morgan fingerprint density at radius 3 is 2.22 bits per heavy atom. The minimum Gasteiger partial charge on any atom is -0.399 e. The van der Waals surface area contributed by atoms with Crippen molar-refractivity contribution >= 4 is 27.6 Å². The number of nitrogens with one attached hydrogen (secondary N) is 1. The second-order valence-electron chi connectivity index (χ2n) is 4.99. The zero-order valence-electron chi connectivity index (χ0n) is 12.4. The van der Waals surface area contributed by atoms with Gasteiger partial charge in [-0.1, -0.05) is 12.1 Å². The van der Waals surface area contributed by atoms with E-state index in [0.717, 1.165) is 17.7 Å². The van der Waals surface area contributed by atoms with Crippen LogP contribution in [0.4, 0.5) is 20.1 Å². The minimum absolute atomic E-state index is 0.367. The van der Waals surface area contributed by atoms with Gasteiger partial charge < -0.3 is 16.0 Å². The fourth-order valence-electron chi connectivity index (χ4n) is 1.89. The van der Waals surface area contributed by atoms with Crippen molar-refractivity contribution in [1.29, 1.82) is 0 Å². The molecule has 2 rings (SSSR count). The monoisotopic (exact) mass is 337 g/mol. The van der Waals surface area contributed by atoms with Crippen molar-refractivity contribution in [2.75, 3.05) is 18.1 Å². The van der Waals surface area contributed by atoms with Crippen molar-refractivity contribution in [2.24, 2.45) is 0 Å². The first kappa shape index (κ1) is 16.8. The number of amides is 2. The van der Waals surface area contributed by atoms with Gasteiger partial charge in [0.05, 0.1) is 4.90 Å². The number of nitrogen functional groups attached to an aromatic ring is 1. The Hall–Kier alpha value is -2.61. The van der Waals surface area contributed by atoms with Crippen molar-refractivity contribution in [3.8, 4) is 0 Å². The molecule has 0 heterocycles. The first-order chi connectivity index (χ1) is 10.8. The maximum Gasteiger partial charge on any atom is 0.332 e. The van der Waals surface area contributed by atoms with Crippen LogP contribution in [0.25, 0.3) is 0 Å². The molecule has 0 radical (unpaired) electrons. The van der Waals surface area contributed by atoms with Crippen molar-refractivity contribution in [1.82, 2.24) is 4.90 Å². The molecular weight excluding hydrogens is 321 g/mol. The van der Waals surface area contributed by atoms with Crippen LogP contribution in [0.2, 0.25) is 0 Å². The molecule has 3 N–H and O–H groups in total.